The van der Waals surface area contributed by atoms with Crippen LogP contribution in [-0.4, -0.2) is 18.4 Å². The average molecular weight is 388 g/mol. The first-order valence-electron chi connectivity index (χ1n) is 9.65. The lowest BCUT2D eigenvalue weighted by Gasteiger charge is -2.32. The summed E-state index contributed by atoms with van der Waals surface area (Å²) in [6, 6.07) is 21.7. The Morgan fingerprint density at radius 3 is 2.38 bits per heavy atom. The minimum absolute atomic E-state index is 0.0831. The molecule has 4 nitrogen and oxygen atoms in total. The number of fused-ring (bicyclic) bond motifs is 1. The van der Waals surface area contributed by atoms with Crippen molar-refractivity contribution in [2.75, 3.05) is 11.4 Å². The van der Waals surface area contributed by atoms with Crippen LogP contribution in [0.15, 0.2) is 78.9 Å². The van der Waals surface area contributed by atoms with Crippen LogP contribution in [0.3, 0.4) is 0 Å². The second kappa shape index (κ2) is 8.27. The summed E-state index contributed by atoms with van der Waals surface area (Å²) in [4.78, 5) is 28.0. The van der Waals surface area contributed by atoms with Crippen LogP contribution >= 0.6 is 0 Å². The summed E-state index contributed by atoms with van der Waals surface area (Å²) < 4.78 is 14.1. The van der Waals surface area contributed by atoms with Gasteiger partial charge in [-0.2, -0.15) is 0 Å². The van der Waals surface area contributed by atoms with Crippen LogP contribution in [0, 0.1) is 5.82 Å². The second-order valence-electron chi connectivity index (χ2n) is 7.02. The van der Waals surface area contributed by atoms with Gasteiger partial charge in [0.2, 0.25) is 0 Å². The largest absolute Gasteiger partial charge is 0.336 e. The topological polar surface area (TPSA) is 49.4 Å². The first-order chi connectivity index (χ1) is 14.1. The molecule has 29 heavy (non-hydrogen) atoms. The smallest absolute Gasteiger partial charge is 0.255 e. The number of benzene rings is 3. The molecule has 1 atom stereocenters. The molecule has 1 N–H and O–H groups in total. The summed E-state index contributed by atoms with van der Waals surface area (Å²) in [7, 11) is 0. The number of anilines is 1. The van der Waals surface area contributed by atoms with E-state index in [4.69, 9.17) is 0 Å². The third-order valence-electron chi connectivity index (χ3n) is 5.15. The van der Waals surface area contributed by atoms with E-state index in [0.29, 0.717) is 12.1 Å². The zero-order chi connectivity index (χ0) is 20.2. The highest BCUT2D eigenvalue weighted by molar-refractivity contribution is 6.03. The Hall–Kier alpha value is -3.47. The van der Waals surface area contributed by atoms with Crippen molar-refractivity contribution in [3.63, 3.8) is 0 Å². The predicted octanol–water partition coefficient (Wildman–Crippen LogP) is 4.28. The van der Waals surface area contributed by atoms with Gasteiger partial charge in [0.25, 0.3) is 11.8 Å². The molecule has 0 spiro atoms. The number of amides is 2. The van der Waals surface area contributed by atoms with E-state index in [1.165, 1.54) is 18.2 Å². The minimum Gasteiger partial charge on any atom is -0.336 e. The van der Waals surface area contributed by atoms with Gasteiger partial charge in [0.05, 0.1) is 5.56 Å². The second-order valence-corrected chi connectivity index (χ2v) is 7.02. The molecular formula is C24H21FN2O2. The molecule has 3 aromatic carbocycles. The van der Waals surface area contributed by atoms with Crippen molar-refractivity contribution in [1.29, 1.82) is 0 Å². The van der Waals surface area contributed by atoms with Gasteiger partial charge in [-0.25, -0.2) is 4.39 Å². The molecule has 0 saturated carbocycles. The fourth-order valence-electron chi connectivity index (χ4n) is 3.71. The van der Waals surface area contributed by atoms with Crippen molar-refractivity contribution in [2.45, 2.75) is 18.9 Å². The third kappa shape index (κ3) is 3.90. The number of hydrogen-bond donors (Lipinski definition) is 1. The first-order valence-corrected chi connectivity index (χ1v) is 9.65. The molecule has 5 heteroatoms. The Balaban J connectivity index is 1.68. The van der Waals surface area contributed by atoms with E-state index in [1.54, 1.807) is 23.1 Å². The van der Waals surface area contributed by atoms with E-state index in [9.17, 15) is 14.0 Å². The number of para-hydroxylation sites is 1. The normalized spacial score (nSPS) is 14.0. The van der Waals surface area contributed by atoms with Crippen LogP contribution in [0.1, 0.15) is 33.9 Å². The van der Waals surface area contributed by atoms with Crippen LogP contribution in [-0.2, 0) is 11.2 Å². The third-order valence-corrected chi connectivity index (χ3v) is 5.15. The van der Waals surface area contributed by atoms with Gasteiger partial charge in [-0.05, 0) is 42.2 Å². The van der Waals surface area contributed by atoms with Gasteiger partial charge in [-0.15, -0.1) is 0 Å². The van der Waals surface area contributed by atoms with Gasteiger partial charge >= 0.3 is 0 Å². The molecule has 1 aliphatic rings. The van der Waals surface area contributed by atoms with Gasteiger partial charge in [0.1, 0.15) is 11.9 Å². The summed E-state index contributed by atoms with van der Waals surface area (Å²) in [6.45, 7) is 0.578. The summed E-state index contributed by atoms with van der Waals surface area (Å²) in [6.07, 6.45) is 1.77. The van der Waals surface area contributed by atoms with E-state index in [-0.39, 0.29) is 11.5 Å². The predicted molar refractivity (Wildman–Crippen MR) is 110 cm³/mol. The Morgan fingerprint density at radius 1 is 0.897 bits per heavy atom. The fraction of sp³-hybridized carbons (Fsp3) is 0.167. The zero-order valence-electron chi connectivity index (χ0n) is 15.8. The quantitative estimate of drug-likeness (QED) is 0.725. The number of carbonyl (C=O) groups is 2. The van der Waals surface area contributed by atoms with Crippen LogP contribution in [0.2, 0.25) is 0 Å². The fourth-order valence-corrected chi connectivity index (χ4v) is 3.71. The van der Waals surface area contributed by atoms with Crippen LogP contribution in [0.5, 0.6) is 0 Å². The van der Waals surface area contributed by atoms with Gasteiger partial charge in [-0.3, -0.25) is 9.59 Å². The Bertz CT molecular complexity index is 1040. The number of nitrogens with one attached hydrogen (secondary N) is 1. The molecule has 0 saturated heterocycles. The van der Waals surface area contributed by atoms with E-state index < -0.39 is 17.8 Å². The summed E-state index contributed by atoms with van der Waals surface area (Å²) in [5, 5.41) is 2.75. The van der Waals surface area contributed by atoms with Gasteiger partial charge in [-0.1, -0.05) is 60.7 Å². The van der Waals surface area contributed by atoms with Crippen LogP contribution in [0.4, 0.5) is 10.1 Å². The maximum absolute atomic E-state index is 14.1. The van der Waals surface area contributed by atoms with Gasteiger partial charge in [0, 0.05) is 12.2 Å². The zero-order valence-corrected chi connectivity index (χ0v) is 15.8. The molecular weight excluding hydrogens is 367 g/mol. The van der Waals surface area contributed by atoms with Crippen LogP contribution in [0.25, 0.3) is 0 Å². The lowest BCUT2D eigenvalue weighted by molar-refractivity contribution is -0.120. The molecule has 2 amide bonds. The molecule has 1 aliphatic heterocycles. The minimum atomic E-state index is -0.908. The number of rotatable bonds is 4. The summed E-state index contributed by atoms with van der Waals surface area (Å²) in [5.74, 6) is -1.46. The molecule has 1 heterocycles. The van der Waals surface area contributed by atoms with E-state index in [0.717, 1.165) is 24.1 Å². The molecule has 0 fully saturated rings. The standard InChI is InChI=1S/C24H21FN2O2/c25-20-14-6-5-13-19(20)23(28)26-22(18-10-2-1-3-11-18)24(29)27-16-8-12-17-9-4-7-15-21(17)27/h1-7,9-11,13-15,22H,8,12,16H2,(H,26,28). The molecule has 0 aromatic heterocycles. The van der Waals surface area contributed by atoms with Crippen molar-refractivity contribution in [1.82, 2.24) is 5.32 Å². The van der Waals surface area contributed by atoms with Gasteiger partial charge in [0.15, 0.2) is 0 Å². The van der Waals surface area contributed by atoms with Crippen molar-refractivity contribution >= 4 is 17.5 Å². The Labute approximate surface area is 169 Å². The SMILES string of the molecule is O=C(NC(C(=O)N1CCCc2ccccc21)c1ccccc1)c1ccccc1F. The molecule has 0 aliphatic carbocycles. The molecule has 0 bridgehead atoms. The number of hydrogen-bond acceptors (Lipinski definition) is 2. The van der Waals surface area contributed by atoms with E-state index in [2.05, 4.69) is 5.32 Å². The first kappa shape index (κ1) is 18.9. The Morgan fingerprint density at radius 2 is 1.59 bits per heavy atom. The maximum atomic E-state index is 14.1. The van der Waals surface area contributed by atoms with Crippen molar-refractivity contribution in [3.8, 4) is 0 Å². The molecule has 1 unspecified atom stereocenters. The Kier molecular flexibility index (Phi) is 5.38. The molecule has 4 rings (SSSR count). The maximum Gasteiger partial charge on any atom is 0.255 e. The van der Waals surface area contributed by atoms with E-state index >= 15 is 0 Å². The number of aryl methyl sites for hydroxylation is 1. The number of carbonyl (C=O) groups excluding carboxylic acids is 2. The molecule has 146 valence electrons. The average Bonchev–Trinajstić information content (AvgIpc) is 2.77. The highest BCUT2D eigenvalue weighted by Crippen LogP contribution is 2.29. The lowest BCUT2D eigenvalue weighted by Crippen LogP contribution is -2.45. The monoisotopic (exact) mass is 388 g/mol. The summed E-state index contributed by atoms with van der Waals surface area (Å²) in [5.41, 5.74) is 2.55. The van der Waals surface area contributed by atoms with E-state index in [1.807, 2.05) is 42.5 Å². The highest BCUT2D eigenvalue weighted by Gasteiger charge is 2.31. The van der Waals surface area contributed by atoms with Crippen molar-refractivity contribution in [2.24, 2.45) is 0 Å². The van der Waals surface area contributed by atoms with Crippen molar-refractivity contribution in [3.05, 3.63) is 101 Å². The highest BCUT2D eigenvalue weighted by atomic mass is 19.1. The van der Waals surface area contributed by atoms with Crippen LogP contribution < -0.4 is 10.2 Å². The lowest BCUT2D eigenvalue weighted by atomic mass is 9.99. The molecule has 0 radical (unpaired) electrons. The number of halogens is 1. The summed E-state index contributed by atoms with van der Waals surface area (Å²) >= 11 is 0. The van der Waals surface area contributed by atoms with Crippen molar-refractivity contribution < 1.29 is 14.0 Å². The molecule has 3 aromatic rings. The number of nitrogens with zero attached hydrogens (tertiary/aromatic N) is 1. The van der Waals surface area contributed by atoms with Gasteiger partial charge < -0.3 is 10.2 Å².